The molecule has 0 amide bonds. The molecule has 0 bridgehead atoms. The first kappa shape index (κ1) is 22.6. The topological polar surface area (TPSA) is 102 Å². The van der Waals surface area contributed by atoms with Gasteiger partial charge >= 0.3 is 0 Å². The van der Waals surface area contributed by atoms with Crippen LogP contribution in [0.5, 0.6) is 5.75 Å². The molecule has 1 saturated heterocycles. The standard InChI is InChI=1S/C23H27N3O4S2/c27-21-4-1-3-17(15-21)22(28)16-24-18-10-12-26(13-11-18)20-8-6-19(7-9-20)25-32(29,30)23-5-2-14-31-23/h1-9,14-15,18,22,24-25,27-28H,10-13,16H2. The predicted octanol–water partition coefficient (Wildman–Crippen LogP) is 3.55. The van der Waals surface area contributed by atoms with E-state index in [4.69, 9.17) is 0 Å². The van der Waals surface area contributed by atoms with Crippen LogP contribution >= 0.6 is 11.3 Å². The van der Waals surface area contributed by atoms with E-state index in [0.29, 0.717) is 28.0 Å². The van der Waals surface area contributed by atoms with Gasteiger partial charge in [-0.05, 0) is 66.2 Å². The summed E-state index contributed by atoms with van der Waals surface area (Å²) in [5.74, 6) is 0.153. The van der Waals surface area contributed by atoms with Crippen molar-refractivity contribution >= 4 is 32.7 Å². The fourth-order valence-corrected chi connectivity index (χ4v) is 5.88. The molecule has 4 rings (SSSR count). The highest BCUT2D eigenvalue weighted by Crippen LogP contribution is 2.25. The van der Waals surface area contributed by atoms with Crippen molar-refractivity contribution in [2.75, 3.05) is 29.3 Å². The second kappa shape index (κ2) is 9.91. The van der Waals surface area contributed by atoms with E-state index in [9.17, 15) is 18.6 Å². The Morgan fingerprint density at radius 1 is 1.06 bits per heavy atom. The van der Waals surface area contributed by atoms with Crippen LogP contribution in [-0.4, -0.2) is 44.3 Å². The first-order valence-corrected chi connectivity index (χ1v) is 12.9. The van der Waals surface area contributed by atoms with Crippen molar-refractivity contribution in [2.24, 2.45) is 0 Å². The summed E-state index contributed by atoms with van der Waals surface area (Å²) < 4.78 is 27.6. The number of phenols is 1. The van der Waals surface area contributed by atoms with Crippen molar-refractivity contribution in [2.45, 2.75) is 29.2 Å². The van der Waals surface area contributed by atoms with E-state index in [1.807, 2.05) is 12.1 Å². The number of thiophene rings is 1. The van der Waals surface area contributed by atoms with Gasteiger partial charge in [0.2, 0.25) is 0 Å². The second-order valence-electron chi connectivity index (χ2n) is 7.86. The summed E-state index contributed by atoms with van der Waals surface area (Å²) in [6, 6.07) is 17.8. The maximum Gasteiger partial charge on any atom is 0.271 e. The van der Waals surface area contributed by atoms with Gasteiger partial charge in [-0.1, -0.05) is 18.2 Å². The highest BCUT2D eigenvalue weighted by atomic mass is 32.2. The lowest BCUT2D eigenvalue weighted by Gasteiger charge is -2.34. The first-order chi connectivity index (χ1) is 15.4. The number of anilines is 2. The summed E-state index contributed by atoms with van der Waals surface area (Å²) >= 11 is 1.19. The van der Waals surface area contributed by atoms with Gasteiger partial charge in [-0.15, -0.1) is 11.3 Å². The van der Waals surface area contributed by atoms with E-state index in [1.54, 1.807) is 53.9 Å². The molecule has 4 N–H and O–H groups in total. The van der Waals surface area contributed by atoms with E-state index in [2.05, 4.69) is 14.9 Å². The van der Waals surface area contributed by atoms with Gasteiger partial charge < -0.3 is 20.4 Å². The quantitative estimate of drug-likeness (QED) is 0.399. The highest BCUT2D eigenvalue weighted by Gasteiger charge is 2.21. The Kier molecular flexibility index (Phi) is 7.00. The number of aromatic hydroxyl groups is 1. The third-order valence-electron chi connectivity index (χ3n) is 5.59. The van der Waals surface area contributed by atoms with Gasteiger partial charge in [-0.3, -0.25) is 4.72 Å². The molecule has 9 heteroatoms. The lowest BCUT2D eigenvalue weighted by molar-refractivity contribution is 0.167. The van der Waals surface area contributed by atoms with Crippen LogP contribution in [0.4, 0.5) is 11.4 Å². The Labute approximate surface area is 192 Å². The Morgan fingerprint density at radius 2 is 1.81 bits per heavy atom. The number of phenolic OH excluding ortho intramolecular Hbond substituents is 1. The number of hydrogen-bond acceptors (Lipinski definition) is 7. The first-order valence-electron chi connectivity index (χ1n) is 10.5. The van der Waals surface area contributed by atoms with Crippen molar-refractivity contribution < 1.29 is 18.6 Å². The van der Waals surface area contributed by atoms with Crippen molar-refractivity contribution in [1.82, 2.24) is 5.32 Å². The van der Waals surface area contributed by atoms with Crippen LogP contribution in [0.15, 0.2) is 70.3 Å². The van der Waals surface area contributed by atoms with Crippen molar-refractivity contribution in [3.8, 4) is 5.75 Å². The molecule has 1 aliphatic rings. The number of sulfonamides is 1. The van der Waals surface area contributed by atoms with Crippen molar-refractivity contribution in [3.63, 3.8) is 0 Å². The molecule has 3 aromatic rings. The van der Waals surface area contributed by atoms with E-state index in [-0.39, 0.29) is 5.75 Å². The molecule has 0 spiro atoms. The second-order valence-corrected chi connectivity index (χ2v) is 10.7. The molecule has 170 valence electrons. The molecular formula is C23H27N3O4S2. The number of hydrogen-bond donors (Lipinski definition) is 4. The van der Waals surface area contributed by atoms with Crippen LogP contribution < -0.4 is 14.9 Å². The zero-order valence-electron chi connectivity index (χ0n) is 17.5. The molecule has 0 aliphatic carbocycles. The normalized spacial score (nSPS) is 16.1. The number of piperidine rings is 1. The molecule has 2 aromatic carbocycles. The number of aliphatic hydroxyl groups is 1. The van der Waals surface area contributed by atoms with Gasteiger partial charge in [0.25, 0.3) is 10.0 Å². The van der Waals surface area contributed by atoms with Gasteiger partial charge in [0.05, 0.1) is 6.10 Å². The maximum atomic E-state index is 12.4. The summed E-state index contributed by atoms with van der Waals surface area (Å²) in [5.41, 5.74) is 2.30. The van der Waals surface area contributed by atoms with Crippen molar-refractivity contribution in [3.05, 3.63) is 71.6 Å². The Morgan fingerprint density at radius 3 is 2.47 bits per heavy atom. The Hall–Kier alpha value is -2.59. The minimum Gasteiger partial charge on any atom is -0.508 e. The minimum atomic E-state index is -3.54. The molecule has 1 aromatic heterocycles. The fourth-order valence-electron chi connectivity index (χ4n) is 3.83. The van der Waals surface area contributed by atoms with Crippen molar-refractivity contribution in [1.29, 1.82) is 0 Å². The van der Waals surface area contributed by atoms with E-state index in [0.717, 1.165) is 31.6 Å². The van der Waals surface area contributed by atoms with Gasteiger partial charge in [0.15, 0.2) is 0 Å². The summed E-state index contributed by atoms with van der Waals surface area (Å²) in [4.78, 5) is 2.28. The average Bonchev–Trinajstić information content (AvgIpc) is 3.34. The summed E-state index contributed by atoms with van der Waals surface area (Å²) in [6.07, 6.45) is 1.23. The predicted molar refractivity (Wildman–Crippen MR) is 128 cm³/mol. The maximum absolute atomic E-state index is 12.4. The van der Waals surface area contributed by atoms with Crippen LogP contribution in [0.3, 0.4) is 0 Å². The SMILES string of the molecule is O=S(=O)(Nc1ccc(N2CCC(NCC(O)c3cccc(O)c3)CC2)cc1)c1cccs1. The number of rotatable bonds is 8. The van der Waals surface area contributed by atoms with Crippen LogP contribution in [0, 0.1) is 0 Å². The fraction of sp³-hybridized carbons (Fsp3) is 0.304. The highest BCUT2D eigenvalue weighted by molar-refractivity contribution is 7.94. The van der Waals surface area contributed by atoms with Gasteiger partial charge in [0, 0.05) is 37.1 Å². The molecule has 1 fully saturated rings. The van der Waals surface area contributed by atoms with Gasteiger partial charge in [0.1, 0.15) is 9.96 Å². The average molecular weight is 474 g/mol. The molecule has 7 nitrogen and oxygen atoms in total. The molecule has 1 atom stereocenters. The van der Waals surface area contributed by atoms with Crippen LogP contribution in [0.1, 0.15) is 24.5 Å². The molecule has 1 unspecified atom stereocenters. The lowest BCUT2D eigenvalue weighted by Crippen LogP contribution is -2.43. The zero-order chi connectivity index (χ0) is 22.6. The van der Waals surface area contributed by atoms with Gasteiger partial charge in [-0.25, -0.2) is 8.42 Å². The van der Waals surface area contributed by atoms with Crippen LogP contribution in [-0.2, 0) is 10.0 Å². The molecule has 0 radical (unpaired) electrons. The van der Waals surface area contributed by atoms with Crippen LogP contribution in [0.2, 0.25) is 0 Å². The number of aliphatic hydroxyl groups excluding tert-OH is 1. The third-order valence-corrected chi connectivity index (χ3v) is 8.37. The van der Waals surface area contributed by atoms with Crippen LogP contribution in [0.25, 0.3) is 0 Å². The Bertz CT molecular complexity index is 1110. The zero-order valence-corrected chi connectivity index (χ0v) is 19.1. The molecule has 0 saturated carbocycles. The molecule has 32 heavy (non-hydrogen) atoms. The summed E-state index contributed by atoms with van der Waals surface area (Å²) in [7, 11) is -3.54. The van der Waals surface area contributed by atoms with E-state index >= 15 is 0 Å². The smallest absolute Gasteiger partial charge is 0.271 e. The third kappa shape index (κ3) is 5.60. The lowest BCUT2D eigenvalue weighted by atomic mass is 10.0. The molecular weight excluding hydrogens is 446 g/mol. The number of nitrogens with zero attached hydrogens (tertiary/aromatic N) is 1. The Balaban J connectivity index is 1.26. The largest absolute Gasteiger partial charge is 0.508 e. The molecule has 1 aliphatic heterocycles. The van der Waals surface area contributed by atoms with E-state index < -0.39 is 16.1 Å². The summed E-state index contributed by atoms with van der Waals surface area (Å²) in [6.45, 7) is 2.19. The van der Waals surface area contributed by atoms with E-state index in [1.165, 1.54) is 11.3 Å². The molecule has 2 heterocycles. The summed E-state index contributed by atoms with van der Waals surface area (Å²) in [5, 5.41) is 25.1. The minimum absolute atomic E-state index is 0.153. The number of benzene rings is 2. The monoisotopic (exact) mass is 473 g/mol. The number of nitrogens with one attached hydrogen (secondary N) is 2. The van der Waals surface area contributed by atoms with Gasteiger partial charge in [-0.2, -0.15) is 0 Å².